The Hall–Kier alpha value is 0.214. The molecule has 0 aromatic heterocycles. The molecule has 0 saturated carbocycles. The van der Waals surface area contributed by atoms with E-state index in [4.69, 9.17) is 18.6 Å². The van der Waals surface area contributed by atoms with Crippen LogP contribution in [0.1, 0.15) is 24.5 Å². The molecule has 0 saturated heterocycles. The summed E-state index contributed by atoms with van der Waals surface area (Å²) in [5.41, 5.74) is 3.97. The van der Waals surface area contributed by atoms with Crippen molar-refractivity contribution in [1.29, 1.82) is 0 Å². The SMILES string of the molecule is CC1=C[C](CCN(C)C)([Ti]([Cl])[Cl])c2ccccc21. The van der Waals surface area contributed by atoms with Gasteiger partial charge in [0.1, 0.15) is 0 Å². The zero-order valence-corrected chi connectivity index (χ0v) is 14.1. The topological polar surface area (TPSA) is 3.24 Å². The number of hydrogen-bond donors (Lipinski definition) is 0. The van der Waals surface area contributed by atoms with E-state index in [1.54, 1.807) is 0 Å². The van der Waals surface area contributed by atoms with Crippen LogP contribution in [0.5, 0.6) is 0 Å². The Morgan fingerprint density at radius 3 is 2.50 bits per heavy atom. The first-order valence-corrected chi connectivity index (χ1v) is 11.2. The van der Waals surface area contributed by atoms with Crippen molar-refractivity contribution in [2.24, 2.45) is 0 Å². The third-order valence-electron chi connectivity index (χ3n) is 3.59. The van der Waals surface area contributed by atoms with Gasteiger partial charge < -0.3 is 0 Å². The van der Waals surface area contributed by atoms with Gasteiger partial charge >= 0.3 is 124 Å². The van der Waals surface area contributed by atoms with Crippen molar-refractivity contribution in [3.8, 4) is 0 Å². The van der Waals surface area contributed by atoms with Gasteiger partial charge in [-0.1, -0.05) is 0 Å². The molecular formula is C14H18Cl2NTi. The molecule has 0 N–H and O–H groups in total. The number of benzene rings is 1. The molecule has 0 amide bonds. The number of fused-ring (bicyclic) bond motifs is 1. The number of halogens is 2. The predicted molar refractivity (Wildman–Crippen MR) is 76.6 cm³/mol. The summed E-state index contributed by atoms with van der Waals surface area (Å²) in [6.07, 6.45) is 3.33. The van der Waals surface area contributed by atoms with Gasteiger partial charge in [-0.3, -0.25) is 0 Å². The molecule has 1 nitrogen and oxygen atoms in total. The summed E-state index contributed by atoms with van der Waals surface area (Å²) >= 11 is -2.14. The molecule has 0 spiro atoms. The summed E-state index contributed by atoms with van der Waals surface area (Å²) < 4.78 is -0.0753. The number of hydrogen-bond acceptors (Lipinski definition) is 1. The van der Waals surface area contributed by atoms with E-state index in [0.29, 0.717) is 0 Å². The van der Waals surface area contributed by atoms with E-state index >= 15 is 0 Å². The molecule has 0 aliphatic heterocycles. The van der Waals surface area contributed by atoms with E-state index < -0.39 is 15.7 Å². The Balaban J connectivity index is 2.44. The van der Waals surface area contributed by atoms with E-state index in [-0.39, 0.29) is 3.72 Å². The van der Waals surface area contributed by atoms with Crippen LogP contribution in [-0.2, 0) is 19.5 Å². The molecule has 2 rings (SSSR count). The van der Waals surface area contributed by atoms with Crippen LogP contribution in [0.3, 0.4) is 0 Å². The molecule has 0 heterocycles. The van der Waals surface area contributed by atoms with E-state index in [1.165, 1.54) is 16.7 Å². The van der Waals surface area contributed by atoms with E-state index in [0.717, 1.165) is 13.0 Å². The first kappa shape index (κ1) is 14.6. The number of nitrogens with zero attached hydrogens (tertiary/aromatic N) is 1. The molecule has 1 aromatic rings. The van der Waals surface area contributed by atoms with Crippen molar-refractivity contribution >= 4 is 24.2 Å². The van der Waals surface area contributed by atoms with Gasteiger partial charge in [-0.2, -0.15) is 0 Å². The van der Waals surface area contributed by atoms with Crippen molar-refractivity contribution in [2.45, 2.75) is 17.1 Å². The molecule has 0 bridgehead atoms. The van der Waals surface area contributed by atoms with Gasteiger partial charge in [0.05, 0.1) is 0 Å². The molecule has 1 aliphatic rings. The van der Waals surface area contributed by atoms with Crippen LogP contribution in [0.25, 0.3) is 5.57 Å². The van der Waals surface area contributed by atoms with Crippen LogP contribution in [-0.4, -0.2) is 25.5 Å². The quantitative estimate of drug-likeness (QED) is 0.753. The number of allylic oxidation sites excluding steroid dienone is 2. The molecule has 1 aliphatic carbocycles. The van der Waals surface area contributed by atoms with Crippen LogP contribution >= 0.6 is 18.6 Å². The first-order chi connectivity index (χ1) is 8.47. The molecule has 97 valence electrons. The van der Waals surface area contributed by atoms with Crippen molar-refractivity contribution < 1.29 is 15.7 Å². The van der Waals surface area contributed by atoms with Gasteiger partial charge in [0.15, 0.2) is 0 Å². The van der Waals surface area contributed by atoms with Crippen LogP contribution in [0.2, 0.25) is 0 Å². The monoisotopic (exact) mass is 318 g/mol. The van der Waals surface area contributed by atoms with E-state index in [2.05, 4.69) is 56.3 Å². The summed E-state index contributed by atoms with van der Waals surface area (Å²) in [5, 5.41) is 0. The maximum atomic E-state index is 6.49. The maximum absolute atomic E-state index is 6.49. The Bertz CT molecular complexity index is 471. The first-order valence-electron chi connectivity index (χ1n) is 6.10. The summed E-state index contributed by atoms with van der Waals surface area (Å²) in [7, 11) is 17.2. The van der Waals surface area contributed by atoms with Gasteiger partial charge in [0, 0.05) is 0 Å². The zero-order valence-electron chi connectivity index (χ0n) is 11.0. The molecule has 1 aromatic carbocycles. The summed E-state index contributed by atoms with van der Waals surface area (Å²) in [6.45, 7) is 3.17. The van der Waals surface area contributed by atoms with Crippen molar-refractivity contribution in [3.05, 3.63) is 41.5 Å². The zero-order chi connectivity index (χ0) is 13.3. The molecule has 4 heteroatoms. The van der Waals surface area contributed by atoms with Gasteiger partial charge in [-0.25, -0.2) is 0 Å². The van der Waals surface area contributed by atoms with E-state index in [1.807, 2.05) is 0 Å². The second kappa shape index (κ2) is 5.69. The van der Waals surface area contributed by atoms with Crippen LogP contribution in [0.15, 0.2) is 30.3 Å². The molecule has 0 radical (unpaired) electrons. The average Bonchev–Trinajstić information content (AvgIpc) is 2.62. The predicted octanol–water partition coefficient (Wildman–Crippen LogP) is 4.18. The van der Waals surface area contributed by atoms with Gasteiger partial charge in [-0.15, -0.1) is 0 Å². The summed E-state index contributed by atoms with van der Waals surface area (Å²) in [5.74, 6) is 0. The Kier molecular flexibility index (Phi) is 4.62. The molecular weight excluding hydrogens is 301 g/mol. The van der Waals surface area contributed by atoms with Crippen molar-refractivity contribution in [1.82, 2.24) is 4.90 Å². The third kappa shape index (κ3) is 2.57. The fourth-order valence-corrected chi connectivity index (χ4v) is 6.30. The average molecular weight is 319 g/mol. The molecule has 1 unspecified atom stereocenters. The number of rotatable bonds is 4. The normalized spacial score (nSPS) is 22.0. The fraction of sp³-hybridized carbons (Fsp3) is 0.429. The summed E-state index contributed by atoms with van der Waals surface area (Å²) in [6, 6.07) is 8.54. The van der Waals surface area contributed by atoms with Gasteiger partial charge in [0.2, 0.25) is 0 Å². The van der Waals surface area contributed by atoms with Crippen LogP contribution in [0, 0.1) is 0 Å². The third-order valence-corrected chi connectivity index (χ3v) is 8.46. The van der Waals surface area contributed by atoms with Crippen LogP contribution in [0.4, 0.5) is 0 Å². The Morgan fingerprint density at radius 2 is 1.89 bits per heavy atom. The van der Waals surface area contributed by atoms with E-state index in [9.17, 15) is 0 Å². The fourth-order valence-electron chi connectivity index (χ4n) is 2.60. The van der Waals surface area contributed by atoms with Crippen molar-refractivity contribution in [3.63, 3.8) is 0 Å². The minimum absolute atomic E-state index is 0.0753. The molecule has 18 heavy (non-hydrogen) atoms. The second-order valence-corrected chi connectivity index (χ2v) is 11.3. The molecule has 1 atom stereocenters. The van der Waals surface area contributed by atoms with Crippen molar-refractivity contribution in [2.75, 3.05) is 20.6 Å². The van der Waals surface area contributed by atoms with Crippen LogP contribution < -0.4 is 0 Å². The minimum atomic E-state index is -2.14. The standard InChI is InChI=1S/C14H18N.2ClH.Ti/c1-11-10-12(8-9-15(2)3)14-7-5-4-6-13(11)14;;;/h4-7,10H,8-9H2,1-3H3;2*1H;/q;;;+2/p-2. The summed E-state index contributed by atoms with van der Waals surface area (Å²) in [4.78, 5) is 2.20. The Labute approximate surface area is 123 Å². The van der Waals surface area contributed by atoms with Gasteiger partial charge in [-0.05, 0) is 0 Å². The Morgan fingerprint density at radius 1 is 1.22 bits per heavy atom. The second-order valence-electron chi connectivity index (χ2n) is 5.16. The van der Waals surface area contributed by atoms with Gasteiger partial charge in [0.25, 0.3) is 0 Å². The molecule has 0 fully saturated rings.